The van der Waals surface area contributed by atoms with Gasteiger partial charge in [0.2, 0.25) is 0 Å². The summed E-state index contributed by atoms with van der Waals surface area (Å²) in [4.78, 5) is 9.88. The third kappa shape index (κ3) is 8.17. The lowest BCUT2D eigenvalue weighted by atomic mass is 10.2. The van der Waals surface area contributed by atoms with Crippen molar-refractivity contribution in [2.45, 2.75) is 47.1 Å². The van der Waals surface area contributed by atoms with E-state index in [2.05, 4.69) is 77.5 Å². The van der Waals surface area contributed by atoms with Crippen molar-refractivity contribution in [3.63, 3.8) is 0 Å². The number of rotatable bonds is 9. The fraction of sp³-hybridized carbons (Fsp3) is 0.600. The van der Waals surface area contributed by atoms with Crippen molar-refractivity contribution in [2.24, 2.45) is 12.0 Å². The summed E-state index contributed by atoms with van der Waals surface area (Å²) < 4.78 is 1.93. The van der Waals surface area contributed by atoms with Gasteiger partial charge in [-0.15, -0.1) is 24.0 Å². The number of nitrogens with zero attached hydrogens (tertiary/aromatic N) is 5. The van der Waals surface area contributed by atoms with Crippen LogP contribution in [0.1, 0.15) is 42.3 Å². The molecule has 184 valence electrons. The van der Waals surface area contributed by atoms with E-state index in [4.69, 9.17) is 4.99 Å². The zero-order valence-corrected chi connectivity index (χ0v) is 23.4. The monoisotopic (exact) mass is 567 g/mol. The van der Waals surface area contributed by atoms with Crippen molar-refractivity contribution in [3.05, 3.63) is 46.8 Å². The van der Waals surface area contributed by atoms with E-state index in [0.717, 1.165) is 57.3 Å². The van der Waals surface area contributed by atoms with Crippen molar-refractivity contribution in [1.29, 1.82) is 0 Å². The molecule has 0 amide bonds. The topological polar surface area (TPSA) is 60.7 Å². The van der Waals surface area contributed by atoms with Crippen LogP contribution in [0.25, 0.3) is 0 Å². The summed E-state index contributed by atoms with van der Waals surface area (Å²) in [7, 11) is 1.99. The fourth-order valence-corrected chi connectivity index (χ4v) is 4.27. The largest absolute Gasteiger partial charge is 0.369 e. The lowest BCUT2D eigenvalue weighted by molar-refractivity contribution is 0.253. The minimum Gasteiger partial charge on any atom is -0.369 e. The Morgan fingerprint density at radius 3 is 2.45 bits per heavy atom. The number of benzene rings is 1. The second-order valence-corrected chi connectivity index (χ2v) is 8.77. The maximum Gasteiger partial charge on any atom is 0.191 e. The molecule has 2 N–H and O–H groups in total. The number of aryl methyl sites for hydroxylation is 3. The van der Waals surface area contributed by atoms with E-state index in [9.17, 15) is 0 Å². The van der Waals surface area contributed by atoms with Crippen LogP contribution in [0.3, 0.4) is 0 Å². The van der Waals surface area contributed by atoms with Gasteiger partial charge in [-0.2, -0.15) is 5.10 Å². The first kappa shape index (κ1) is 27.4. The standard InChI is InChI=1S/C25H41N7.HI/c1-6-26-25(28-19-24-21(3)29-30(5)22(24)4)27-12-7-8-13-31-14-16-32(17-15-31)23-11-9-10-20(2)18-23;/h9-11,18H,6-8,12-17,19H2,1-5H3,(H2,26,27,28);1H. The number of unbranched alkanes of at least 4 members (excludes halogenated alkanes) is 1. The van der Waals surface area contributed by atoms with Crippen LogP contribution < -0.4 is 15.5 Å². The third-order valence-electron chi connectivity index (χ3n) is 6.33. The molecule has 1 aromatic heterocycles. The molecule has 0 unspecified atom stereocenters. The first-order valence-electron chi connectivity index (χ1n) is 12.0. The van der Waals surface area contributed by atoms with Crippen molar-refractivity contribution >= 4 is 35.6 Å². The van der Waals surface area contributed by atoms with Crippen LogP contribution in [0.4, 0.5) is 5.69 Å². The summed E-state index contributed by atoms with van der Waals surface area (Å²) in [5, 5.41) is 11.3. The fourth-order valence-electron chi connectivity index (χ4n) is 4.27. The van der Waals surface area contributed by atoms with E-state index < -0.39 is 0 Å². The van der Waals surface area contributed by atoms with Crippen LogP contribution in [0.15, 0.2) is 29.3 Å². The van der Waals surface area contributed by atoms with E-state index in [1.807, 2.05) is 11.7 Å². The second-order valence-electron chi connectivity index (χ2n) is 8.77. The summed E-state index contributed by atoms with van der Waals surface area (Å²) in [5.74, 6) is 0.891. The third-order valence-corrected chi connectivity index (χ3v) is 6.33. The Morgan fingerprint density at radius 1 is 1.06 bits per heavy atom. The maximum atomic E-state index is 4.77. The predicted octanol–water partition coefficient (Wildman–Crippen LogP) is 3.62. The molecule has 2 aromatic rings. The van der Waals surface area contributed by atoms with Gasteiger partial charge in [0, 0.05) is 63.3 Å². The van der Waals surface area contributed by atoms with Gasteiger partial charge in [0.15, 0.2) is 5.96 Å². The molecule has 1 fully saturated rings. The van der Waals surface area contributed by atoms with Crippen molar-refractivity contribution < 1.29 is 0 Å². The van der Waals surface area contributed by atoms with E-state index in [0.29, 0.717) is 6.54 Å². The molecule has 3 rings (SSSR count). The number of hydrogen-bond donors (Lipinski definition) is 2. The van der Waals surface area contributed by atoms with Gasteiger partial charge in [-0.05, 0) is 64.8 Å². The van der Waals surface area contributed by atoms with Crippen LogP contribution in [0.2, 0.25) is 0 Å². The summed E-state index contributed by atoms with van der Waals surface area (Å²) in [6, 6.07) is 8.85. The number of guanidine groups is 1. The molecule has 7 nitrogen and oxygen atoms in total. The van der Waals surface area contributed by atoms with Crippen molar-refractivity contribution in [3.8, 4) is 0 Å². The van der Waals surface area contributed by atoms with Crippen LogP contribution in [-0.4, -0.2) is 66.5 Å². The van der Waals surface area contributed by atoms with Gasteiger partial charge < -0.3 is 15.5 Å². The number of piperazine rings is 1. The average molecular weight is 568 g/mol. The maximum absolute atomic E-state index is 4.77. The van der Waals surface area contributed by atoms with E-state index in [1.165, 1.54) is 35.5 Å². The lowest BCUT2D eigenvalue weighted by Gasteiger charge is -2.36. The van der Waals surface area contributed by atoms with Gasteiger partial charge in [0.05, 0.1) is 12.2 Å². The molecule has 1 saturated heterocycles. The SMILES string of the molecule is CCNC(=NCc1c(C)nn(C)c1C)NCCCCN1CCN(c2cccc(C)c2)CC1.I. The molecule has 0 spiro atoms. The normalized spacial score (nSPS) is 14.8. The number of halogens is 1. The molecular weight excluding hydrogens is 525 g/mol. The summed E-state index contributed by atoms with van der Waals surface area (Å²) in [5.41, 5.74) is 6.16. The van der Waals surface area contributed by atoms with Crippen molar-refractivity contribution in [2.75, 3.05) is 50.7 Å². The van der Waals surface area contributed by atoms with Gasteiger partial charge in [0.25, 0.3) is 0 Å². The Kier molecular flexibility index (Phi) is 11.5. The highest BCUT2D eigenvalue weighted by atomic mass is 127. The average Bonchev–Trinajstić information content (AvgIpc) is 3.03. The minimum atomic E-state index is 0. The van der Waals surface area contributed by atoms with E-state index >= 15 is 0 Å². The molecule has 0 saturated carbocycles. The van der Waals surface area contributed by atoms with E-state index in [1.54, 1.807) is 0 Å². The van der Waals surface area contributed by atoms with Crippen LogP contribution in [0, 0.1) is 20.8 Å². The van der Waals surface area contributed by atoms with Gasteiger partial charge in [0.1, 0.15) is 0 Å². The molecule has 8 heteroatoms. The summed E-state index contributed by atoms with van der Waals surface area (Å²) in [6.07, 6.45) is 2.35. The molecule has 0 aliphatic carbocycles. The Hall–Kier alpha value is -1.81. The highest BCUT2D eigenvalue weighted by Gasteiger charge is 2.16. The van der Waals surface area contributed by atoms with E-state index in [-0.39, 0.29) is 24.0 Å². The van der Waals surface area contributed by atoms with Crippen molar-refractivity contribution in [1.82, 2.24) is 25.3 Å². The molecule has 1 aromatic carbocycles. The zero-order valence-electron chi connectivity index (χ0n) is 21.0. The zero-order chi connectivity index (χ0) is 22.9. The number of nitrogens with one attached hydrogen (secondary N) is 2. The first-order chi connectivity index (χ1) is 15.5. The van der Waals surface area contributed by atoms with Gasteiger partial charge in [-0.1, -0.05) is 12.1 Å². The van der Waals surface area contributed by atoms with Gasteiger partial charge in [-0.3, -0.25) is 9.58 Å². The Morgan fingerprint density at radius 2 is 1.82 bits per heavy atom. The highest BCUT2D eigenvalue weighted by molar-refractivity contribution is 14.0. The number of anilines is 1. The Balaban J connectivity index is 0.00000385. The Bertz CT molecular complexity index is 885. The molecule has 0 bridgehead atoms. The molecular formula is C25H42IN7. The van der Waals surface area contributed by atoms with Crippen LogP contribution in [-0.2, 0) is 13.6 Å². The smallest absolute Gasteiger partial charge is 0.191 e. The Labute approximate surface area is 217 Å². The number of hydrogen-bond acceptors (Lipinski definition) is 4. The molecule has 0 atom stereocenters. The van der Waals surface area contributed by atoms with Gasteiger partial charge >= 0.3 is 0 Å². The number of aliphatic imine (C=N–C) groups is 1. The number of aromatic nitrogens is 2. The predicted molar refractivity (Wildman–Crippen MR) is 150 cm³/mol. The quantitative estimate of drug-likeness (QED) is 0.210. The molecule has 33 heavy (non-hydrogen) atoms. The van der Waals surface area contributed by atoms with Crippen LogP contribution >= 0.6 is 24.0 Å². The summed E-state index contributed by atoms with van der Waals surface area (Å²) in [6.45, 7) is 16.6. The highest BCUT2D eigenvalue weighted by Crippen LogP contribution is 2.18. The minimum absolute atomic E-state index is 0. The van der Waals surface area contributed by atoms with Crippen LogP contribution in [0.5, 0.6) is 0 Å². The first-order valence-corrected chi connectivity index (χ1v) is 12.0. The summed E-state index contributed by atoms with van der Waals surface area (Å²) >= 11 is 0. The molecule has 1 aliphatic rings. The molecule has 0 radical (unpaired) electrons. The lowest BCUT2D eigenvalue weighted by Crippen LogP contribution is -2.46. The second kappa shape index (κ2) is 13.8. The molecule has 1 aliphatic heterocycles. The molecule has 2 heterocycles. The van der Waals surface area contributed by atoms with Gasteiger partial charge in [-0.25, -0.2) is 4.99 Å².